The van der Waals surface area contributed by atoms with Gasteiger partial charge in [0.25, 0.3) is 0 Å². The molecular weight excluding hydrogens is 180 g/mol. The van der Waals surface area contributed by atoms with Crippen LogP contribution in [0, 0.1) is 0 Å². The Balaban J connectivity index is 2.18. The summed E-state index contributed by atoms with van der Waals surface area (Å²) in [5, 5.41) is 0. The van der Waals surface area contributed by atoms with E-state index >= 15 is 0 Å². The molecule has 0 fully saturated rings. The Morgan fingerprint density at radius 2 is 0.867 bits per heavy atom. The van der Waals surface area contributed by atoms with Crippen LogP contribution in [0.4, 0.5) is 0 Å². The Labute approximate surface area is 93.1 Å². The highest BCUT2D eigenvalue weighted by atomic mass is 14.2. The first-order valence-electron chi connectivity index (χ1n) is 5.83. The summed E-state index contributed by atoms with van der Waals surface area (Å²) in [5.74, 6) is 0. The molecule has 2 aliphatic carbocycles. The maximum Gasteiger partial charge on any atom is -0.00290 e. The predicted octanol–water partition coefficient (Wildman–Crippen LogP) is 4.70. The van der Waals surface area contributed by atoms with Crippen molar-refractivity contribution in [1.82, 2.24) is 0 Å². The second-order valence-corrected chi connectivity index (χ2v) is 5.16. The van der Waals surface area contributed by atoms with Crippen LogP contribution in [-0.4, -0.2) is 0 Å². The third-order valence-electron chi connectivity index (χ3n) is 3.72. The van der Waals surface area contributed by atoms with Gasteiger partial charge in [-0.05, 0) is 64.5 Å². The van der Waals surface area contributed by atoms with Crippen LogP contribution in [0.25, 0.3) is 0 Å². The van der Waals surface area contributed by atoms with Crippen LogP contribution in [0.3, 0.4) is 0 Å². The van der Waals surface area contributed by atoms with Crippen LogP contribution in [0.2, 0.25) is 0 Å². The van der Waals surface area contributed by atoms with Gasteiger partial charge in [0.15, 0.2) is 0 Å². The van der Waals surface area contributed by atoms with Crippen LogP contribution in [-0.2, 0) is 0 Å². The fourth-order valence-corrected chi connectivity index (χ4v) is 2.44. The zero-order chi connectivity index (χ0) is 11.0. The molecule has 0 aromatic rings. The molecule has 0 spiro atoms. The molecule has 0 saturated carbocycles. The van der Waals surface area contributed by atoms with Gasteiger partial charge in [-0.25, -0.2) is 0 Å². The minimum atomic E-state index is 1.16. The molecule has 0 nitrogen and oxygen atoms in total. The molecule has 0 aliphatic heterocycles. The average molecular weight is 200 g/mol. The van der Waals surface area contributed by atoms with Gasteiger partial charge >= 0.3 is 0 Å². The van der Waals surface area contributed by atoms with E-state index in [2.05, 4.69) is 33.4 Å². The van der Waals surface area contributed by atoms with Crippen molar-refractivity contribution in [1.29, 1.82) is 0 Å². The summed E-state index contributed by atoms with van der Waals surface area (Å²) in [4.78, 5) is 0. The average Bonchev–Trinajstić information content (AvgIpc) is 2.59. The summed E-state index contributed by atoms with van der Waals surface area (Å²) in [7, 11) is 0. The van der Waals surface area contributed by atoms with Gasteiger partial charge in [-0.3, -0.25) is 0 Å². The van der Waals surface area contributed by atoms with Gasteiger partial charge in [-0.2, -0.15) is 0 Å². The van der Waals surface area contributed by atoms with Gasteiger partial charge in [0.05, 0.1) is 0 Å². The molecule has 0 atom stereocenters. The van der Waals surface area contributed by atoms with E-state index in [1.54, 1.807) is 22.3 Å². The third-order valence-corrected chi connectivity index (χ3v) is 3.72. The molecule has 80 valence electrons. The van der Waals surface area contributed by atoms with Gasteiger partial charge in [-0.1, -0.05) is 22.3 Å². The Kier molecular flexibility index (Phi) is 2.71. The van der Waals surface area contributed by atoms with E-state index in [9.17, 15) is 0 Å². The highest BCUT2D eigenvalue weighted by Crippen LogP contribution is 2.33. The number of hydrogen-bond donors (Lipinski definition) is 0. The first kappa shape index (κ1) is 10.5. The van der Waals surface area contributed by atoms with Gasteiger partial charge in [0.2, 0.25) is 0 Å². The van der Waals surface area contributed by atoms with Crippen LogP contribution in [0.5, 0.6) is 0 Å². The van der Waals surface area contributed by atoms with Crippen LogP contribution in [0.15, 0.2) is 39.2 Å². The lowest BCUT2D eigenvalue weighted by Gasteiger charge is -1.94. The summed E-state index contributed by atoms with van der Waals surface area (Å²) in [6, 6.07) is 0. The quantitative estimate of drug-likeness (QED) is 0.393. The van der Waals surface area contributed by atoms with Crippen LogP contribution in [0.1, 0.15) is 53.4 Å². The molecule has 0 heteroatoms. The van der Waals surface area contributed by atoms with Gasteiger partial charge in [0, 0.05) is 0 Å². The smallest absolute Gasteiger partial charge is 0.00290 e. The Morgan fingerprint density at radius 3 is 1.13 bits per heavy atom. The third kappa shape index (κ3) is 2.16. The van der Waals surface area contributed by atoms with Crippen molar-refractivity contribution in [2.45, 2.75) is 53.4 Å². The Morgan fingerprint density at radius 1 is 0.600 bits per heavy atom. The molecule has 0 amide bonds. The molecule has 0 saturated heterocycles. The SMILES string of the molecule is CC1=C(C)CC(=C=C2CC(C)=C(C)C2)C1. The highest BCUT2D eigenvalue weighted by Gasteiger charge is 2.14. The lowest BCUT2D eigenvalue weighted by Crippen LogP contribution is -1.76. The lowest BCUT2D eigenvalue weighted by molar-refractivity contribution is 1.09. The van der Waals surface area contributed by atoms with Crippen molar-refractivity contribution in [2.75, 3.05) is 0 Å². The van der Waals surface area contributed by atoms with Crippen molar-refractivity contribution < 1.29 is 0 Å². The minimum absolute atomic E-state index is 1.16. The van der Waals surface area contributed by atoms with E-state index in [0.29, 0.717) is 0 Å². The number of rotatable bonds is 0. The molecule has 0 aromatic heterocycles. The molecule has 0 bridgehead atoms. The Hall–Kier alpha value is -1.00. The van der Waals surface area contributed by atoms with Crippen LogP contribution >= 0.6 is 0 Å². The minimum Gasteiger partial charge on any atom is -0.121 e. The first-order chi connectivity index (χ1) is 7.06. The zero-order valence-electron chi connectivity index (χ0n) is 10.3. The normalized spacial score (nSPS) is 21.9. The maximum absolute atomic E-state index is 3.65. The summed E-state index contributed by atoms with van der Waals surface area (Å²) >= 11 is 0. The summed E-state index contributed by atoms with van der Waals surface area (Å²) in [6.45, 7) is 8.99. The zero-order valence-corrected chi connectivity index (χ0v) is 10.3. The van der Waals surface area contributed by atoms with E-state index in [4.69, 9.17) is 0 Å². The molecule has 2 aliphatic rings. The highest BCUT2D eigenvalue weighted by molar-refractivity contribution is 5.36. The van der Waals surface area contributed by atoms with Gasteiger partial charge in [0.1, 0.15) is 0 Å². The molecule has 2 rings (SSSR count). The first-order valence-corrected chi connectivity index (χ1v) is 5.83. The second kappa shape index (κ2) is 3.87. The fraction of sp³-hybridized carbons (Fsp3) is 0.533. The largest absolute Gasteiger partial charge is 0.121 e. The lowest BCUT2D eigenvalue weighted by atomic mass is 10.1. The van der Waals surface area contributed by atoms with Crippen molar-refractivity contribution >= 4 is 0 Å². The molecule has 0 radical (unpaired) electrons. The molecule has 0 heterocycles. The van der Waals surface area contributed by atoms with Crippen molar-refractivity contribution in [3.05, 3.63) is 39.2 Å². The molecule has 0 N–H and O–H groups in total. The fourth-order valence-electron chi connectivity index (χ4n) is 2.44. The molecule has 0 aromatic carbocycles. The molecule has 15 heavy (non-hydrogen) atoms. The van der Waals surface area contributed by atoms with Crippen LogP contribution < -0.4 is 0 Å². The number of allylic oxidation sites excluding steroid dienone is 5. The van der Waals surface area contributed by atoms with Gasteiger partial charge in [-0.15, -0.1) is 5.73 Å². The van der Waals surface area contributed by atoms with E-state index in [1.807, 2.05) is 0 Å². The Bertz CT molecular complexity index is 351. The standard InChI is InChI=1S/C15H20/c1-10-5-14(6-11(10)2)9-15-7-12(3)13(4)8-15/h5-8H2,1-4H3. The predicted molar refractivity (Wildman–Crippen MR) is 65.8 cm³/mol. The number of hydrogen-bond acceptors (Lipinski definition) is 0. The van der Waals surface area contributed by atoms with E-state index in [-0.39, 0.29) is 0 Å². The molecular formula is C15H20. The monoisotopic (exact) mass is 200 g/mol. The summed E-state index contributed by atoms with van der Waals surface area (Å²) in [5.41, 5.74) is 12.9. The topological polar surface area (TPSA) is 0 Å². The van der Waals surface area contributed by atoms with Crippen molar-refractivity contribution in [3.63, 3.8) is 0 Å². The van der Waals surface area contributed by atoms with Gasteiger partial charge < -0.3 is 0 Å². The van der Waals surface area contributed by atoms with E-state index in [1.165, 1.54) is 11.1 Å². The van der Waals surface area contributed by atoms with E-state index in [0.717, 1.165) is 25.7 Å². The summed E-state index contributed by atoms with van der Waals surface area (Å²) in [6.07, 6.45) is 4.64. The maximum atomic E-state index is 3.65. The molecule has 0 unspecified atom stereocenters. The van der Waals surface area contributed by atoms with E-state index < -0.39 is 0 Å². The second-order valence-electron chi connectivity index (χ2n) is 5.16. The van der Waals surface area contributed by atoms with Crippen molar-refractivity contribution in [2.24, 2.45) is 0 Å². The van der Waals surface area contributed by atoms with Crippen molar-refractivity contribution in [3.8, 4) is 0 Å². The summed E-state index contributed by atoms with van der Waals surface area (Å²) < 4.78 is 0.